The molecule has 16 heavy (non-hydrogen) atoms. The lowest BCUT2D eigenvalue weighted by Gasteiger charge is -1.96. The van der Waals surface area contributed by atoms with E-state index in [9.17, 15) is 4.79 Å². The van der Waals surface area contributed by atoms with Gasteiger partial charge in [0, 0.05) is 17.0 Å². The number of aromatic carboxylic acids is 1. The van der Waals surface area contributed by atoms with Crippen molar-refractivity contribution in [3.05, 3.63) is 41.4 Å². The predicted molar refractivity (Wildman–Crippen MR) is 64.1 cm³/mol. The first kappa shape index (κ1) is 9.30. The van der Waals surface area contributed by atoms with E-state index in [1.807, 2.05) is 24.3 Å². The van der Waals surface area contributed by atoms with Gasteiger partial charge in [-0.1, -0.05) is 24.3 Å². The average molecular weight is 229 g/mol. The number of aromatic nitrogens is 1. The Morgan fingerprint density at radius 2 is 2.06 bits per heavy atom. The molecule has 1 aromatic carbocycles. The van der Waals surface area contributed by atoms with Crippen LogP contribution in [0.3, 0.4) is 0 Å². The second kappa shape index (κ2) is 3.28. The van der Waals surface area contributed by atoms with E-state index in [1.54, 1.807) is 12.3 Å². The van der Waals surface area contributed by atoms with E-state index in [2.05, 4.69) is 4.98 Å². The van der Waals surface area contributed by atoms with Gasteiger partial charge < -0.3 is 5.11 Å². The van der Waals surface area contributed by atoms with E-state index in [1.165, 1.54) is 11.3 Å². The lowest BCUT2D eigenvalue weighted by atomic mass is 10.1. The molecule has 0 unspecified atom stereocenters. The molecule has 3 aromatic rings. The number of hydrogen-bond donors (Lipinski definition) is 1. The summed E-state index contributed by atoms with van der Waals surface area (Å²) in [6.07, 6.45) is 1.78. The van der Waals surface area contributed by atoms with Crippen molar-refractivity contribution in [1.82, 2.24) is 4.98 Å². The highest BCUT2D eigenvalue weighted by atomic mass is 32.1. The standard InChI is InChI=1S/C12H7NO2S/c14-12(15)10-5-9-8-4-2-1-3-7(8)6-13-11(9)16-10/h1-6H,(H,14,15). The van der Waals surface area contributed by atoms with Gasteiger partial charge in [0.15, 0.2) is 0 Å². The van der Waals surface area contributed by atoms with Gasteiger partial charge in [-0.05, 0) is 11.5 Å². The highest BCUT2D eigenvalue weighted by Crippen LogP contribution is 2.29. The van der Waals surface area contributed by atoms with Crippen molar-refractivity contribution in [3.8, 4) is 0 Å². The largest absolute Gasteiger partial charge is 0.477 e. The highest BCUT2D eigenvalue weighted by molar-refractivity contribution is 7.20. The Hall–Kier alpha value is -1.94. The quantitative estimate of drug-likeness (QED) is 0.697. The number of carbonyl (C=O) groups is 1. The molecule has 78 valence electrons. The number of thiophene rings is 1. The number of fused-ring (bicyclic) bond motifs is 3. The van der Waals surface area contributed by atoms with E-state index in [-0.39, 0.29) is 0 Å². The number of hydrogen-bond acceptors (Lipinski definition) is 3. The maximum absolute atomic E-state index is 10.9. The van der Waals surface area contributed by atoms with Crippen LogP contribution in [0.2, 0.25) is 0 Å². The summed E-state index contributed by atoms with van der Waals surface area (Å²) in [5.41, 5.74) is 0. The smallest absolute Gasteiger partial charge is 0.345 e. The van der Waals surface area contributed by atoms with Crippen molar-refractivity contribution in [1.29, 1.82) is 0 Å². The Balaban J connectivity index is 2.46. The molecule has 4 heteroatoms. The molecule has 0 atom stereocenters. The van der Waals surface area contributed by atoms with Gasteiger partial charge in [0.2, 0.25) is 0 Å². The van der Waals surface area contributed by atoms with Crippen molar-refractivity contribution >= 4 is 38.3 Å². The van der Waals surface area contributed by atoms with E-state index in [0.717, 1.165) is 21.0 Å². The van der Waals surface area contributed by atoms with Crippen LogP contribution in [0, 0.1) is 0 Å². The zero-order valence-corrected chi connectivity index (χ0v) is 8.99. The van der Waals surface area contributed by atoms with Crippen LogP contribution in [0.5, 0.6) is 0 Å². The molecule has 3 nitrogen and oxygen atoms in total. The normalized spacial score (nSPS) is 11.0. The number of carboxylic acid groups (broad SMARTS) is 1. The van der Waals surface area contributed by atoms with Gasteiger partial charge >= 0.3 is 5.97 Å². The first-order valence-corrected chi connectivity index (χ1v) is 5.58. The SMILES string of the molecule is O=C(O)c1cc2c(ncc3ccccc32)s1. The molecule has 2 heterocycles. The Morgan fingerprint density at radius 1 is 1.25 bits per heavy atom. The molecule has 0 aliphatic rings. The summed E-state index contributed by atoms with van der Waals surface area (Å²) in [5.74, 6) is -0.896. The van der Waals surface area contributed by atoms with Gasteiger partial charge in [0.1, 0.15) is 9.71 Å². The fraction of sp³-hybridized carbons (Fsp3) is 0. The Morgan fingerprint density at radius 3 is 2.88 bits per heavy atom. The minimum absolute atomic E-state index is 0.332. The summed E-state index contributed by atoms with van der Waals surface area (Å²) in [6, 6.07) is 9.54. The molecule has 0 amide bonds. The van der Waals surface area contributed by atoms with Crippen molar-refractivity contribution in [2.45, 2.75) is 0 Å². The Kier molecular flexibility index (Phi) is 1.91. The van der Waals surface area contributed by atoms with Crippen molar-refractivity contribution in [2.24, 2.45) is 0 Å². The summed E-state index contributed by atoms with van der Waals surface area (Å²) < 4.78 is 0. The maximum Gasteiger partial charge on any atom is 0.345 e. The topological polar surface area (TPSA) is 50.2 Å². The first-order valence-electron chi connectivity index (χ1n) is 4.76. The molecule has 2 aromatic heterocycles. The average Bonchev–Trinajstić information content (AvgIpc) is 2.73. The summed E-state index contributed by atoms with van der Waals surface area (Å²) in [7, 11) is 0. The van der Waals surface area contributed by atoms with Crippen LogP contribution < -0.4 is 0 Å². The molecule has 0 radical (unpaired) electrons. The van der Waals surface area contributed by atoms with Crippen LogP contribution in [0.15, 0.2) is 36.5 Å². The van der Waals surface area contributed by atoms with E-state index in [0.29, 0.717) is 4.88 Å². The van der Waals surface area contributed by atoms with Gasteiger partial charge in [0.05, 0.1) is 0 Å². The van der Waals surface area contributed by atoms with Crippen LogP contribution in [0.25, 0.3) is 21.0 Å². The molecule has 0 saturated carbocycles. The van der Waals surface area contributed by atoms with Gasteiger partial charge in [-0.2, -0.15) is 0 Å². The van der Waals surface area contributed by atoms with Crippen LogP contribution >= 0.6 is 11.3 Å². The lowest BCUT2D eigenvalue weighted by molar-refractivity contribution is 0.0702. The van der Waals surface area contributed by atoms with Crippen molar-refractivity contribution < 1.29 is 9.90 Å². The molecule has 3 rings (SSSR count). The third-order valence-electron chi connectivity index (χ3n) is 2.50. The minimum atomic E-state index is -0.896. The lowest BCUT2D eigenvalue weighted by Crippen LogP contribution is -1.89. The van der Waals surface area contributed by atoms with Crippen molar-refractivity contribution in [3.63, 3.8) is 0 Å². The van der Waals surface area contributed by atoms with E-state index in [4.69, 9.17) is 5.11 Å². The third kappa shape index (κ3) is 1.27. The molecule has 0 aliphatic heterocycles. The fourth-order valence-electron chi connectivity index (χ4n) is 1.76. The number of carboxylic acids is 1. The van der Waals surface area contributed by atoms with E-state index < -0.39 is 5.97 Å². The number of benzene rings is 1. The van der Waals surface area contributed by atoms with Gasteiger partial charge in [-0.3, -0.25) is 0 Å². The third-order valence-corrected chi connectivity index (χ3v) is 3.53. The first-order chi connectivity index (χ1) is 7.75. The van der Waals surface area contributed by atoms with E-state index >= 15 is 0 Å². The molecule has 0 bridgehead atoms. The molecule has 0 saturated heterocycles. The van der Waals surface area contributed by atoms with Crippen molar-refractivity contribution in [2.75, 3.05) is 0 Å². The molecule has 0 aliphatic carbocycles. The fourth-order valence-corrected chi connectivity index (χ4v) is 2.62. The van der Waals surface area contributed by atoms with Gasteiger partial charge in [-0.15, -0.1) is 11.3 Å². The molecular formula is C12H7NO2S. The van der Waals surface area contributed by atoms with Crippen LogP contribution in [-0.2, 0) is 0 Å². The zero-order valence-electron chi connectivity index (χ0n) is 8.18. The summed E-state index contributed by atoms with van der Waals surface area (Å²) >= 11 is 1.21. The van der Waals surface area contributed by atoms with Gasteiger partial charge in [0.25, 0.3) is 0 Å². The monoisotopic (exact) mass is 229 g/mol. The van der Waals surface area contributed by atoms with Crippen LogP contribution in [-0.4, -0.2) is 16.1 Å². The second-order valence-electron chi connectivity index (χ2n) is 3.48. The van der Waals surface area contributed by atoms with Crippen LogP contribution in [0.4, 0.5) is 0 Å². The zero-order chi connectivity index (χ0) is 11.1. The Bertz CT molecular complexity index is 702. The predicted octanol–water partition coefficient (Wildman–Crippen LogP) is 3.15. The summed E-state index contributed by atoms with van der Waals surface area (Å²) in [4.78, 5) is 16.3. The number of nitrogens with zero attached hydrogens (tertiary/aromatic N) is 1. The Labute approximate surface area is 95.0 Å². The number of pyridine rings is 1. The van der Waals surface area contributed by atoms with Gasteiger partial charge in [-0.25, -0.2) is 9.78 Å². The highest BCUT2D eigenvalue weighted by Gasteiger charge is 2.10. The molecule has 1 N–H and O–H groups in total. The summed E-state index contributed by atoms with van der Waals surface area (Å²) in [6.45, 7) is 0. The maximum atomic E-state index is 10.9. The second-order valence-corrected chi connectivity index (χ2v) is 4.51. The molecular weight excluding hydrogens is 222 g/mol. The molecule has 0 spiro atoms. The molecule has 0 fully saturated rings. The summed E-state index contributed by atoms with van der Waals surface area (Å²) in [5, 5.41) is 11.9. The van der Waals surface area contributed by atoms with Crippen LogP contribution in [0.1, 0.15) is 9.67 Å². The minimum Gasteiger partial charge on any atom is -0.477 e. The number of rotatable bonds is 1.